The van der Waals surface area contributed by atoms with Crippen molar-refractivity contribution in [2.24, 2.45) is 5.73 Å². The quantitative estimate of drug-likeness (QED) is 0.808. The first-order valence-corrected chi connectivity index (χ1v) is 6.94. The van der Waals surface area contributed by atoms with Crippen molar-refractivity contribution in [3.63, 3.8) is 0 Å². The van der Waals surface area contributed by atoms with E-state index in [4.69, 9.17) is 10.5 Å². The van der Waals surface area contributed by atoms with Gasteiger partial charge in [0, 0.05) is 12.6 Å². The summed E-state index contributed by atoms with van der Waals surface area (Å²) in [6.45, 7) is 0.302. The fraction of sp³-hybridized carbons (Fsp3) is 0.455. The van der Waals surface area contributed by atoms with E-state index >= 15 is 0 Å². The van der Waals surface area contributed by atoms with Crippen molar-refractivity contribution in [1.82, 2.24) is 4.72 Å². The molecule has 1 saturated carbocycles. The van der Waals surface area contributed by atoms with E-state index in [2.05, 4.69) is 4.72 Å². The summed E-state index contributed by atoms with van der Waals surface area (Å²) < 4.78 is 31.9. The fourth-order valence-electron chi connectivity index (χ4n) is 1.54. The average molecular weight is 256 g/mol. The molecule has 1 aromatic carbocycles. The van der Waals surface area contributed by atoms with Gasteiger partial charge >= 0.3 is 0 Å². The molecule has 0 amide bonds. The van der Waals surface area contributed by atoms with Gasteiger partial charge in [-0.25, -0.2) is 13.1 Å². The summed E-state index contributed by atoms with van der Waals surface area (Å²) in [5.41, 5.74) is 6.28. The van der Waals surface area contributed by atoms with E-state index in [0.29, 0.717) is 12.3 Å². The van der Waals surface area contributed by atoms with Gasteiger partial charge in [0.15, 0.2) is 0 Å². The van der Waals surface area contributed by atoms with Gasteiger partial charge in [0.25, 0.3) is 0 Å². The zero-order valence-corrected chi connectivity index (χ0v) is 10.5. The lowest BCUT2D eigenvalue weighted by Gasteiger charge is -2.11. The van der Waals surface area contributed by atoms with Gasteiger partial charge in [-0.1, -0.05) is 6.07 Å². The highest BCUT2D eigenvalue weighted by atomic mass is 32.2. The van der Waals surface area contributed by atoms with Gasteiger partial charge in [-0.2, -0.15) is 0 Å². The molecule has 0 bridgehead atoms. The molecule has 0 aliphatic heterocycles. The molecule has 0 aromatic heterocycles. The topological polar surface area (TPSA) is 81.4 Å². The van der Waals surface area contributed by atoms with Crippen LogP contribution in [0, 0.1) is 0 Å². The van der Waals surface area contributed by atoms with Crippen molar-refractivity contribution < 1.29 is 13.2 Å². The lowest BCUT2D eigenvalue weighted by molar-refractivity contribution is 0.402. The summed E-state index contributed by atoms with van der Waals surface area (Å²) in [4.78, 5) is 0.162. The molecule has 1 aliphatic carbocycles. The Labute approximate surface area is 101 Å². The number of ether oxygens (including phenoxy) is 1. The van der Waals surface area contributed by atoms with Crippen LogP contribution in [0.3, 0.4) is 0 Å². The van der Waals surface area contributed by atoms with Crippen molar-refractivity contribution in [1.29, 1.82) is 0 Å². The van der Waals surface area contributed by atoms with Crippen LogP contribution in [-0.4, -0.2) is 21.6 Å². The first-order valence-electron chi connectivity index (χ1n) is 5.46. The average Bonchev–Trinajstić information content (AvgIpc) is 3.11. The molecule has 0 unspecified atom stereocenters. The van der Waals surface area contributed by atoms with Crippen molar-refractivity contribution in [3.8, 4) is 5.75 Å². The third kappa shape index (κ3) is 2.77. The van der Waals surface area contributed by atoms with Crippen molar-refractivity contribution in [2.75, 3.05) is 7.11 Å². The van der Waals surface area contributed by atoms with Gasteiger partial charge in [0.2, 0.25) is 10.0 Å². The van der Waals surface area contributed by atoms with Crippen LogP contribution in [0.5, 0.6) is 5.75 Å². The maximum Gasteiger partial charge on any atom is 0.244 e. The Morgan fingerprint density at radius 2 is 2.18 bits per heavy atom. The maximum absolute atomic E-state index is 12.1. The molecule has 5 nitrogen and oxygen atoms in total. The van der Waals surface area contributed by atoms with Gasteiger partial charge in [-0.3, -0.25) is 0 Å². The molecule has 0 atom stereocenters. The SMILES string of the molecule is COc1ccc(CN)cc1S(=O)(=O)NC1CC1. The van der Waals surface area contributed by atoms with Crippen LogP contribution in [0.4, 0.5) is 0 Å². The maximum atomic E-state index is 12.1. The molecule has 3 N–H and O–H groups in total. The van der Waals surface area contributed by atoms with Crippen LogP contribution < -0.4 is 15.2 Å². The van der Waals surface area contributed by atoms with Crippen molar-refractivity contribution >= 4 is 10.0 Å². The molecule has 0 spiro atoms. The number of nitrogens with one attached hydrogen (secondary N) is 1. The number of nitrogens with two attached hydrogens (primary N) is 1. The molecule has 0 saturated heterocycles. The third-order valence-corrected chi connectivity index (χ3v) is 4.19. The van der Waals surface area contributed by atoms with E-state index in [1.807, 2.05) is 0 Å². The predicted octanol–water partition coefficient (Wildman–Crippen LogP) is 0.595. The summed E-state index contributed by atoms with van der Waals surface area (Å²) >= 11 is 0. The Kier molecular flexibility index (Phi) is 3.37. The Bertz CT molecular complexity index is 509. The lowest BCUT2D eigenvalue weighted by atomic mass is 10.2. The molecule has 2 rings (SSSR count). The largest absolute Gasteiger partial charge is 0.495 e. The summed E-state index contributed by atoms with van der Waals surface area (Å²) in [6, 6.07) is 5.02. The van der Waals surface area contributed by atoms with Crippen LogP contribution in [0.15, 0.2) is 23.1 Å². The predicted molar refractivity (Wildman–Crippen MR) is 64.2 cm³/mol. The summed E-state index contributed by atoms with van der Waals surface area (Å²) in [5, 5.41) is 0. The molecule has 1 fully saturated rings. The summed E-state index contributed by atoms with van der Waals surface area (Å²) in [6.07, 6.45) is 1.80. The van der Waals surface area contributed by atoms with E-state index in [1.165, 1.54) is 7.11 Å². The zero-order valence-electron chi connectivity index (χ0n) is 9.64. The standard InChI is InChI=1S/C11H16N2O3S/c1-16-10-5-2-8(7-12)6-11(10)17(14,15)13-9-3-4-9/h2,5-6,9,13H,3-4,7,12H2,1H3. The Hall–Kier alpha value is -1.11. The minimum absolute atomic E-state index is 0.0752. The van der Waals surface area contributed by atoms with Crippen molar-refractivity contribution in [3.05, 3.63) is 23.8 Å². The van der Waals surface area contributed by atoms with Gasteiger partial charge in [0.1, 0.15) is 10.6 Å². The van der Waals surface area contributed by atoms with Crippen LogP contribution >= 0.6 is 0 Å². The highest BCUT2D eigenvalue weighted by Crippen LogP contribution is 2.28. The number of methoxy groups -OCH3 is 1. The Morgan fingerprint density at radius 1 is 1.47 bits per heavy atom. The Balaban J connectivity index is 2.39. The van der Waals surface area contributed by atoms with Gasteiger partial charge in [-0.15, -0.1) is 0 Å². The second kappa shape index (κ2) is 4.64. The Morgan fingerprint density at radius 3 is 2.71 bits per heavy atom. The first kappa shape index (κ1) is 12.3. The van der Waals surface area contributed by atoms with E-state index in [9.17, 15) is 8.42 Å². The fourth-order valence-corrected chi connectivity index (χ4v) is 3.07. The van der Waals surface area contributed by atoms with Crippen LogP contribution in [0.1, 0.15) is 18.4 Å². The van der Waals surface area contributed by atoms with E-state index in [1.54, 1.807) is 18.2 Å². The minimum atomic E-state index is -3.50. The molecule has 0 radical (unpaired) electrons. The van der Waals surface area contributed by atoms with Crippen LogP contribution in [-0.2, 0) is 16.6 Å². The van der Waals surface area contributed by atoms with Crippen molar-refractivity contribution in [2.45, 2.75) is 30.3 Å². The summed E-state index contributed by atoms with van der Waals surface area (Å²) in [5.74, 6) is 0.343. The molecular weight excluding hydrogens is 240 g/mol. The molecule has 6 heteroatoms. The molecular formula is C11H16N2O3S. The molecule has 94 valence electrons. The molecule has 1 aromatic rings. The number of hydrogen-bond donors (Lipinski definition) is 2. The third-order valence-electron chi connectivity index (χ3n) is 2.65. The van der Waals surface area contributed by atoms with Gasteiger partial charge < -0.3 is 10.5 Å². The van der Waals surface area contributed by atoms with Gasteiger partial charge in [-0.05, 0) is 30.5 Å². The second-order valence-electron chi connectivity index (χ2n) is 4.08. The number of rotatable bonds is 5. The lowest BCUT2D eigenvalue weighted by Crippen LogP contribution is -2.26. The van der Waals surface area contributed by atoms with E-state index in [0.717, 1.165) is 18.4 Å². The zero-order chi connectivity index (χ0) is 12.5. The smallest absolute Gasteiger partial charge is 0.244 e. The van der Waals surface area contributed by atoms with Crippen LogP contribution in [0.25, 0.3) is 0 Å². The summed E-state index contributed by atoms with van der Waals surface area (Å²) in [7, 11) is -2.05. The van der Waals surface area contributed by atoms with Gasteiger partial charge in [0.05, 0.1) is 7.11 Å². The minimum Gasteiger partial charge on any atom is -0.495 e. The van der Waals surface area contributed by atoms with E-state index < -0.39 is 10.0 Å². The second-order valence-corrected chi connectivity index (χ2v) is 5.77. The highest BCUT2D eigenvalue weighted by Gasteiger charge is 2.29. The van der Waals surface area contributed by atoms with Crippen LogP contribution in [0.2, 0.25) is 0 Å². The number of hydrogen-bond acceptors (Lipinski definition) is 4. The number of sulfonamides is 1. The molecule has 17 heavy (non-hydrogen) atoms. The molecule has 1 aliphatic rings. The first-order chi connectivity index (χ1) is 8.06. The van der Waals surface area contributed by atoms with E-state index in [-0.39, 0.29) is 10.9 Å². The molecule has 0 heterocycles. The monoisotopic (exact) mass is 256 g/mol. The highest BCUT2D eigenvalue weighted by molar-refractivity contribution is 7.89. The normalized spacial score (nSPS) is 15.9. The number of benzene rings is 1.